The van der Waals surface area contributed by atoms with Crippen molar-refractivity contribution in [3.63, 3.8) is 0 Å². The van der Waals surface area contributed by atoms with Crippen molar-refractivity contribution in [3.8, 4) is 11.1 Å². The molecule has 0 aliphatic rings. The summed E-state index contributed by atoms with van der Waals surface area (Å²) in [5.41, 5.74) is 2.30. The molecule has 0 aliphatic carbocycles. The molecule has 0 unspecified atom stereocenters. The predicted octanol–water partition coefficient (Wildman–Crippen LogP) is 3.79. The summed E-state index contributed by atoms with van der Waals surface area (Å²) in [6, 6.07) is 14.8. The molecule has 2 rings (SSSR count). The fourth-order valence-corrected chi connectivity index (χ4v) is 1.84. The van der Waals surface area contributed by atoms with Crippen LogP contribution in [-0.2, 0) is 4.74 Å². The van der Waals surface area contributed by atoms with Crippen LogP contribution in [0.1, 0.15) is 10.4 Å². The van der Waals surface area contributed by atoms with Gasteiger partial charge in [-0.05, 0) is 23.8 Å². The van der Waals surface area contributed by atoms with Crippen LogP contribution in [-0.4, -0.2) is 13.1 Å². The summed E-state index contributed by atoms with van der Waals surface area (Å²) in [6.07, 6.45) is 0. The molecule has 0 aromatic heterocycles. The van der Waals surface area contributed by atoms with E-state index in [1.54, 1.807) is 18.2 Å². The van der Waals surface area contributed by atoms with Crippen LogP contribution in [0.4, 0.5) is 0 Å². The Hall–Kier alpha value is -1.80. The molecule has 0 saturated carbocycles. The van der Waals surface area contributed by atoms with Crippen LogP contribution < -0.4 is 0 Å². The molecule has 0 spiro atoms. The number of esters is 1. The van der Waals surface area contributed by atoms with Crippen molar-refractivity contribution in [1.82, 2.24) is 0 Å². The maximum atomic E-state index is 11.4. The molecule has 2 aromatic carbocycles. The molecule has 86 valence electrons. The quantitative estimate of drug-likeness (QED) is 0.754. The van der Waals surface area contributed by atoms with E-state index >= 15 is 0 Å². The zero-order valence-corrected chi connectivity index (χ0v) is 10.1. The van der Waals surface area contributed by atoms with Gasteiger partial charge in [0.2, 0.25) is 0 Å². The van der Waals surface area contributed by atoms with E-state index in [1.165, 1.54) is 7.11 Å². The molecule has 0 bridgehead atoms. The van der Waals surface area contributed by atoms with Gasteiger partial charge >= 0.3 is 5.97 Å². The number of halogens is 1. The highest BCUT2D eigenvalue weighted by molar-refractivity contribution is 6.33. The van der Waals surface area contributed by atoms with E-state index in [2.05, 4.69) is 4.74 Å². The van der Waals surface area contributed by atoms with Crippen LogP contribution in [0, 0.1) is 0 Å². The summed E-state index contributed by atoms with van der Waals surface area (Å²) >= 11 is 6.13. The lowest BCUT2D eigenvalue weighted by molar-refractivity contribution is 0.0601. The van der Waals surface area contributed by atoms with E-state index in [4.69, 9.17) is 11.6 Å². The molecule has 2 nitrogen and oxygen atoms in total. The Kier molecular flexibility index (Phi) is 3.45. The SMILES string of the molecule is COC(=O)c1ccc(Cl)c(-c2ccccc2)c1. The number of hydrogen-bond donors (Lipinski definition) is 0. The first-order valence-corrected chi connectivity index (χ1v) is 5.53. The van der Waals surface area contributed by atoms with E-state index in [0.717, 1.165) is 11.1 Å². The Morgan fingerprint density at radius 3 is 2.47 bits per heavy atom. The zero-order chi connectivity index (χ0) is 12.3. The number of methoxy groups -OCH3 is 1. The Labute approximate surface area is 105 Å². The molecule has 0 N–H and O–H groups in total. The minimum absolute atomic E-state index is 0.362. The summed E-state index contributed by atoms with van der Waals surface area (Å²) in [6.45, 7) is 0. The standard InChI is InChI=1S/C14H11ClO2/c1-17-14(16)11-7-8-13(15)12(9-11)10-5-3-2-4-6-10/h2-9H,1H3. The first-order chi connectivity index (χ1) is 8.22. The predicted molar refractivity (Wildman–Crippen MR) is 68.2 cm³/mol. The van der Waals surface area contributed by atoms with Crippen molar-refractivity contribution < 1.29 is 9.53 Å². The number of carbonyl (C=O) groups is 1. The fourth-order valence-electron chi connectivity index (χ4n) is 1.61. The highest BCUT2D eigenvalue weighted by atomic mass is 35.5. The lowest BCUT2D eigenvalue weighted by atomic mass is 10.0. The molecule has 0 amide bonds. The highest BCUT2D eigenvalue weighted by Crippen LogP contribution is 2.28. The molecular weight excluding hydrogens is 236 g/mol. The summed E-state index contributed by atoms with van der Waals surface area (Å²) < 4.78 is 4.68. The maximum Gasteiger partial charge on any atom is 0.337 e. The van der Waals surface area contributed by atoms with Gasteiger partial charge in [0.15, 0.2) is 0 Å². The Bertz CT molecular complexity index is 535. The van der Waals surface area contributed by atoms with Crippen LogP contribution in [0.3, 0.4) is 0 Å². The molecule has 0 atom stereocenters. The van der Waals surface area contributed by atoms with E-state index in [0.29, 0.717) is 10.6 Å². The van der Waals surface area contributed by atoms with Crippen molar-refractivity contribution in [2.24, 2.45) is 0 Å². The van der Waals surface area contributed by atoms with Crippen LogP contribution >= 0.6 is 11.6 Å². The molecule has 0 radical (unpaired) electrons. The largest absolute Gasteiger partial charge is 0.465 e. The van der Waals surface area contributed by atoms with Crippen LogP contribution in [0.15, 0.2) is 48.5 Å². The van der Waals surface area contributed by atoms with Gasteiger partial charge in [-0.15, -0.1) is 0 Å². The fraction of sp³-hybridized carbons (Fsp3) is 0.0714. The normalized spacial score (nSPS) is 10.0. The Morgan fingerprint density at radius 1 is 1.12 bits per heavy atom. The Balaban J connectivity index is 2.50. The van der Waals surface area contributed by atoms with Gasteiger partial charge in [-0.3, -0.25) is 0 Å². The molecule has 0 heterocycles. The van der Waals surface area contributed by atoms with Gasteiger partial charge in [0.05, 0.1) is 12.7 Å². The monoisotopic (exact) mass is 246 g/mol. The lowest BCUT2D eigenvalue weighted by Gasteiger charge is -2.06. The molecule has 17 heavy (non-hydrogen) atoms. The minimum atomic E-state index is -0.362. The third-order valence-electron chi connectivity index (χ3n) is 2.47. The van der Waals surface area contributed by atoms with Crippen LogP contribution in [0.5, 0.6) is 0 Å². The topological polar surface area (TPSA) is 26.3 Å². The number of benzene rings is 2. The van der Waals surface area contributed by atoms with E-state index in [1.807, 2.05) is 30.3 Å². The first-order valence-electron chi connectivity index (χ1n) is 5.15. The maximum absolute atomic E-state index is 11.4. The van der Waals surface area contributed by atoms with E-state index < -0.39 is 0 Å². The van der Waals surface area contributed by atoms with Crippen molar-refractivity contribution >= 4 is 17.6 Å². The van der Waals surface area contributed by atoms with Crippen LogP contribution in [0.2, 0.25) is 5.02 Å². The van der Waals surface area contributed by atoms with Crippen molar-refractivity contribution in [2.45, 2.75) is 0 Å². The zero-order valence-electron chi connectivity index (χ0n) is 9.31. The molecule has 0 saturated heterocycles. The first kappa shape index (κ1) is 11.7. The second kappa shape index (κ2) is 5.02. The number of hydrogen-bond acceptors (Lipinski definition) is 2. The van der Waals surface area contributed by atoms with Gasteiger partial charge in [-0.1, -0.05) is 41.9 Å². The highest BCUT2D eigenvalue weighted by Gasteiger charge is 2.09. The van der Waals surface area contributed by atoms with Crippen LogP contribution in [0.25, 0.3) is 11.1 Å². The van der Waals surface area contributed by atoms with Crippen molar-refractivity contribution in [2.75, 3.05) is 7.11 Å². The third kappa shape index (κ3) is 2.48. The van der Waals surface area contributed by atoms with E-state index in [9.17, 15) is 4.79 Å². The average molecular weight is 247 g/mol. The molecule has 3 heteroatoms. The minimum Gasteiger partial charge on any atom is -0.465 e. The van der Waals surface area contributed by atoms with Gasteiger partial charge in [-0.25, -0.2) is 4.79 Å². The summed E-state index contributed by atoms with van der Waals surface area (Å²) in [7, 11) is 1.36. The second-order valence-corrected chi connectivity index (χ2v) is 3.96. The van der Waals surface area contributed by atoms with Gasteiger partial charge in [0.25, 0.3) is 0 Å². The Morgan fingerprint density at radius 2 is 1.82 bits per heavy atom. The van der Waals surface area contributed by atoms with Gasteiger partial charge in [0.1, 0.15) is 0 Å². The molecule has 2 aromatic rings. The van der Waals surface area contributed by atoms with Crippen molar-refractivity contribution in [3.05, 3.63) is 59.1 Å². The third-order valence-corrected chi connectivity index (χ3v) is 2.80. The van der Waals surface area contributed by atoms with Gasteiger partial charge in [0, 0.05) is 10.6 Å². The smallest absolute Gasteiger partial charge is 0.337 e. The van der Waals surface area contributed by atoms with E-state index in [-0.39, 0.29) is 5.97 Å². The average Bonchev–Trinajstić information content (AvgIpc) is 2.39. The van der Waals surface area contributed by atoms with Crippen molar-refractivity contribution in [1.29, 1.82) is 0 Å². The van der Waals surface area contributed by atoms with Gasteiger partial charge < -0.3 is 4.74 Å². The molecular formula is C14H11ClO2. The number of carbonyl (C=O) groups excluding carboxylic acids is 1. The summed E-state index contributed by atoms with van der Waals surface area (Å²) in [4.78, 5) is 11.4. The van der Waals surface area contributed by atoms with Gasteiger partial charge in [-0.2, -0.15) is 0 Å². The lowest BCUT2D eigenvalue weighted by Crippen LogP contribution is -2.01. The molecule has 0 aliphatic heterocycles. The number of ether oxygens (including phenoxy) is 1. The molecule has 0 fully saturated rings. The summed E-state index contributed by atoms with van der Waals surface area (Å²) in [5, 5.41) is 0.615. The second-order valence-electron chi connectivity index (χ2n) is 3.55. The number of rotatable bonds is 2. The summed E-state index contributed by atoms with van der Waals surface area (Å²) in [5.74, 6) is -0.362.